The molecule has 33 heavy (non-hydrogen) atoms. The van der Waals surface area contributed by atoms with Crippen LogP contribution in [0.5, 0.6) is 5.75 Å². The number of para-hydroxylation sites is 1. The highest BCUT2D eigenvalue weighted by Gasteiger charge is 2.27. The number of sulfonamides is 1. The maximum absolute atomic E-state index is 13.1. The second kappa shape index (κ2) is 11.6. The molecule has 2 aromatic rings. The molecule has 0 saturated carbocycles. The van der Waals surface area contributed by atoms with Gasteiger partial charge >= 0.3 is 0 Å². The number of benzene rings is 2. The molecule has 0 spiro atoms. The molecule has 0 aromatic heterocycles. The average Bonchev–Trinajstić information content (AvgIpc) is 2.86. The van der Waals surface area contributed by atoms with Crippen LogP contribution in [0, 0.1) is 0 Å². The number of nitrogens with zero attached hydrogens (tertiary/aromatic N) is 2. The quantitative estimate of drug-likeness (QED) is 0.569. The number of nitrogens with one attached hydrogen (secondary N) is 1. The summed E-state index contributed by atoms with van der Waals surface area (Å²) in [5.41, 5.74) is 1.46. The molecule has 7 nitrogen and oxygen atoms in total. The third-order valence-corrected chi connectivity index (χ3v) is 7.70. The van der Waals surface area contributed by atoms with Crippen molar-refractivity contribution in [2.24, 2.45) is 0 Å². The van der Waals surface area contributed by atoms with Crippen LogP contribution in [-0.2, 0) is 10.0 Å². The Morgan fingerprint density at radius 2 is 1.67 bits per heavy atom. The first-order valence-electron chi connectivity index (χ1n) is 11.7. The van der Waals surface area contributed by atoms with Gasteiger partial charge in [-0.15, -0.1) is 0 Å². The summed E-state index contributed by atoms with van der Waals surface area (Å²) < 4.78 is 34.5. The van der Waals surface area contributed by atoms with Crippen molar-refractivity contribution >= 4 is 15.9 Å². The van der Waals surface area contributed by atoms with Crippen molar-refractivity contribution in [3.8, 4) is 5.75 Å². The second-order valence-corrected chi connectivity index (χ2v) is 9.98. The number of carbonyl (C=O) groups excluding carboxylic acids is 1. The summed E-state index contributed by atoms with van der Waals surface area (Å²) in [4.78, 5) is 16.7. The van der Waals surface area contributed by atoms with Crippen LogP contribution in [0.25, 0.3) is 0 Å². The van der Waals surface area contributed by atoms with Crippen molar-refractivity contribution < 1.29 is 17.9 Å². The van der Waals surface area contributed by atoms with Crippen LogP contribution in [0.15, 0.2) is 53.4 Å². The monoisotopic (exact) mass is 473 g/mol. The van der Waals surface area contributed by atoms with Gasteiger partial charge in [0.1, 0.15) is 5.75 Å². The molecule has 0 bridgehead atoms. The highest BCUT2D eigenvalue weighted by atomic mass is 32.2. The van der Waals surface area contributed by atoms with E-state index in [-0.39, 0.29) is 23.4 Å². The zero-order valence-electron chi connectivity index (χ0n) is 19.8. The Balaban J connectivity index is 1.78. The number of piperidine rings is 1. The van der Waals surface area contributed by atoms with Crippen molar-refractivity contribution in [2.45, 2.75) is 44.0 Å². The lowest BCUT2D eigenvalue weighted by Gasteiger charge is -2.35. The fourth-order valence-electron chi connectivity index (χ4n) is 4.35. The van der Waals surface area contributed by atoms with E-state index in [4.69, 9.17) is 4.74 Å². The molecule has 8 heteroatoms. The molecule has 1 atom stereocenters. The molecule has 1 unspecified atom stereocenters. The van der Waals surface area contributed by atoms with Gasteiger partial charge in [-0.2, -0.15) is 0 Å². The van der Waals surface area contributed by atoms with E-state index in [1.54, 1.807) is 24.1 Å². The van der Waals surface area contributed by atoms with E-state index in [9.17, 15) is 13.2 Å². The molecule has 3 rings (SSSR count). The van der Waals surface area contributed by atoms with Gasteiger partial charge in [-0.05, 0) is 70.1 Å². The summed E-state index contributed by atoms with van der Waals surface area (Å²) in [5.74, 6) is 0.657. The normalized spacial score (nSPS) is 15.7. The summed E-state index contributed by atoms with van der Waals surface area (Å²) >= 11 is 0. The fraction of sp³-hybridized carbons (Fsp3) is 0.480. The van der Waals surface area contributed by atoms with Gasteiger partial charge in [0, 0.05) is 30.8 Å². The Labute approximate surface area is 197 Å². The fourth-order valence-corrected chi connectivity index (χ4v) is 5.39. The number of carbonyl (C=O) groups is 1. The zero-order chi connectivity index (χ0) is 23.8. The molecule has 1 aliphatic rings. The van der Waals surface area contributed by atoms with Crippen LogP contribution in [0.3, 0.4) is 0 Å². The topological polar surface area (TPSA) is 79.0 Å². The number of hydrogen-bond acceptors (Lipinski definition) is 5. The average molecular weight is 474 g/mol. The van der Waals surface area contributed by atoms with E-state index in [1.807, 2.05) is 38.1 Å². The smallest absolute Gasteiger partial charge is 0.253 e. The van der Waals surface area contributed by atoms with Crippen LogP contribution in [-0.4, -0.2) is 64.0 Å². The number of likely N-dealkylation sites (tertiary alicyclic amines) is 1. The minimum absolute atomic E-state index is 0.0988. The van der Waals surface area contributed by atoms with Crippen LogP contribution in [0.1, 0.15) is 55.1 Å². The minimum Gasteiger partial charge on any atom is -0.496 e. The summed E-state index contributed by atoms with van der Waals surface area (Å²) in [6.45, 7) is 7.15. The number of rotatable bonds is 10. The maximum atomic E-state index is 13.1. The first kappa shape index (κ1) is 25.2. The van der Waals surface area contributed by atoms with E-state index in [1.165, 1.54) is 18.6 Å². The summed E-state index contributed by atoms with van der Waals surface area (Å²) in [7, 11) is -2.10. The van der Waals surface area contributed by atoms with Crippen molar-refractivity contribution in [2.75, 3.05) is 39.8 Å². The highest BCUT2D eigenvalue weighted by Crippen LogP contribution is 2.31. The third-order valence-electron chi connectivity index (χ3n) is 6.26. The van der Waals surface area contributed by atoms with E-state index < -0.39 is 10.0 Å². The Morgan fingerprint density at radius 1 is 1.03 bits per heavy atom. The third kappa shape index (κ3) is 6.13. The van der Waals surface area contributed by atoms with Gasteiger partial charge in [0.25, 0.3) is 5.91 Å². The molecule has 2 aromatic carbocycles. The number of methoxy groups -OCH3 is 1. The van der Waals surface area contributed by atoms with Crippen LogP contribution in [0.2, 0.25) is 0 Å². The lowest BCUT2D eigenvalue weighted by Crippen LogP contribution is -2.40. The van der Waals surface area contributed by atoms with E-state index in [2.05, 4.69) is 9.62 Å². The molecule has 0 radical (unpaired) electrons. The lowest BCUT2D eigenvalue weighted by atomic mass is 10.0. The van der Waals surface area contributed by atoms with Crippen molar-refractivity contribution in [3.05, 3.63) is 59.7 Å². The van der Waals surface area contributed by atoms with Crippen LogP contribution >= 0.6 is 0 Å². The summed E-state index contributed by atoms with van der Waals surface area (Å²) in [6, 6.07) is 13.8. The molecule has 1 amide bonds. The molecule has 0 aliphatic carbocycles. The number of amides is 1. The van der Waals surface area contributed by atoms with Crippen LogP contribution in [0.4, 0.5) is 0 Å². The van der Waals surface area contributed by atoms with E-state index in [0.717, 1.165) is 37.2 Å². The standard InChI is InChI=1S/C25H35N3O4S/c1-4-27(5-2)25(29)20-13-15-21(16-14-20)33(30,31)26-19-23(28-17-9-6-10-18-28)22-11-7-8-12-24(22)32-3/h7-8,11-16,23,26H,4-6,9-10,17-19H2,1-3H3. The molecule has 1 N–H and O–H groups in total. The van der Waals surface area contributed by atoms with Gasteiger partial charge in [-0.1, -0.05) is 24.6 Å². The Bertz CT molecular complexity index is 1010. The Morgan fingerprint density at radius 3 is 2.27 bits per heavy atom. The first-order valence-corrected chi connectivity index (χ1v) is 13.2. The van der Waals surface area contributed by atoms with E-state index in [0.29, 0.717) is 18.7 Å². The zero-order valence-corrected chi connectivity index (χ0v) is 20.6. The number of ether oxygens (including phenoxy) is 1. The molecule has 180 valence electrons. The first-order chi connectivity index (χ1) is 15.9. The van der Waals surface area contributed by atoms with E-state index >= 15 is 0 Å². The second-order valence-electron chi connectivity index (χ2n) is 8.21. The predicted octanol–water partition coefficient (Wildman–Crippen LogP) is 3.68. The SMILES string of the molecule is CCN(CC)C(=O)c1ccc(S(=O)(=O)NCC(c2ccccc2OC)N2CCCCC2)cc1. The molecular formula is C25H35N3O4S. The Kier molecular flexibility index (Phi) is 8.88. The van der Waals surface area contributed by atoms with Crippen molar-refractivity contribution in [1.82, 2.24) is 14.5 Å². The summed E-state index contributed by atoms with van der Waals surface area (Å²) in [6.07, 6.45) is 3.39. The highest BCUT2D eigenvalue weighted by molar-refractivity contribution is 7.89. The number of hydrogen-bond donors (Lipinski definition) is 1. The summed E-state index contributed by atoms with van der Waals surface area (Å²) in [5, 5.41) is 0. The largest absolute Gasteiger partial charge is 0.496 e. The van der Waals surface area contributed by atoms with Gasteiger partial charge in [0.15, 0.2) is 0 Å². The molecule has 1 aliphatic heterocycles. The molecule has 1 saturated heterocycles. The minimum atomic E-state index is -3.74. The molecule has 1 fully saturated rings. The maximum Gasteiger partial charge on any atom is 0.253 e. The molecular weight excluding hydrogens is 438 g/mol. The van der Waals surface area contributed by atoms with Gasteiger partial charge in [-0.25, -0.2) is 13.1 Å². The van der Waals surface area contributed by atoms with Gasteiger partial charge in [0.2, 0.25) is 10.0 Å². The van der Waals surface area contributed by atoms with Crippen molar-refractivity contribution in [1.29, 1.82) is 0 Å². The predicted molar refractivity (Wildman–Crippen MR) is 130 cm³/mol. The van der Waals surface area contributed by atoms with Gasteiger partial charge in [-0.3, -0.25) is 9.69 Å². The van der Waals surface area contributed by atoms with Gasteiger partial charge in [0.05, 0.1) is 18.0 Å². The lowest BCUT2D eigenvalue weighted by molar-refractivity contribution is 0.0773. The molecule has 1 heterocycles. The van der Waals surface area contributed by atoms with Crippen LogP contribution < -0.4 is 9.46 Å². The van der Waals surface area contributed by atoms with Crippen molar-refractivity contribution in [3.63, 3.8) is 0 Å². The Hall–Kier alpha value is -2.42. The van der Waals surface area contributed by atoms with Gasteiger partial charge < -0.3 is 9.64 Å².